The summed E-state index contributed by atoms with van der Waals surface area (Å²) in [6.45, 7) is 9.92. The molecule has 126 valence electrons. The second-order valence-electron chi connectivity index (χ2n) is 6.13. The number of hydrogen-bond acceptors (Lipinski definition) is 3. The van der Waals surface area contributed by atoms with Crippen molar-refractivity contribution in [1.29, 1.82) is 0 Å². The molecule has 3 N–H and O–H groups in total. The van der Waals surface area contributed by atoms with Gasteiger partial charge in [0.2, 0.25) is 0 Å². The van der Waals surface area contributed by atoms with Crippen LogP contribution in [-0.2, 0) is 0 Å². The number of allylic oxidation sites excluding steroid dienone is 1. The molecule has 1 aromatic rings. The number of rotatable bonds is 8. The molecule has 0 amide bonds. The van der Waals surface area contributed by atoms with E-state index in [0.717, 1.165) is 22.3 Å². The fraction of sp³-hybridized carbons (Fsp3) is 0.400. The molecule has 0 saturated heterocycles. The summed E-state index contributed by atoms with van der Waals surface area (Å²) in [4.78, 5) is 0. The third kappa shape index (κ3) is 6.05. The monoisotopic (exact) mass is 316 g/mol. The minimum atomic E-state index is -0.648. The van der Waals surface area contributed by atoms with Gasteiger partial charge in [0, 0.05) is 5.56 Å². The van der Waals surface area contributed by atoms with E-state index in [-0.39, 0.29) is 18.3 Å². The maximum Gasteiger partial charge on any atom is 0.122 e. The van der Waals surface area contributed by atoms with E-state index in [1.165, 1.54) is 0 Å². The summed E-state index contributed by atoms with van der Waals surface area (Å²) in [6, 6.07) is 7.17. The van der Waals surface area contributed by atoms with E-state index in [1.807, 2.05) is 39.0 Å². The lowest BCUT2D eigenvalue weighted by Gasteiger charge is -2.20. The zero-order chi connectivity index (χ0) is 17.4. The number of aromatic hydroxyl groups is 1. The SMILES string of the molecule is C=C(/C(=C/CO)C(O)CC/C(C)=C/c1ccccc1O)C(C)C. The summed E-state index contributed by atoms with van der Waals surface area (Å²) >= 11 is 0. The summed E-state index contributed by atoms with van der Waals surface area (Å²) in [7, 11) is 0. The number of aliphatic hydroxyl groups is 2. The number of phenolic OH excluding ortho intramolecular Hbond substituents is 1. The average Bonchev–Trinajstić information content (AvgIpc) is 2.51. The lowest BCUT2D eigenvalue weighted by molar-refractivity contribution is 0.199. The van der Waals surface area contributed by atoms with Gasteiger partial charge in [-0.3, -0.25) is 0 Å². The van der Waals surface area contributed by atoms with Crippen LogP contribution in [0.2, 0.25) is 0 Å². The van der Waals surface area contributed by atoms with Gasteiger partial charge in [0.25, 0.3) is 0 Å². The first-order valence-corrected chi connectivity index (χ1v) is 8.00. The van der Waals surface area contributed by atoms with Crippen LogP contribution in [0.4, 0.5) is 0 Å². The zero-order valence-corrected chi connectivity index (χ0v) is 14.3. The number of aliphatic hydroxyl groups excluding tert-OH is 2. The molecule has 3 nitrogen and oxygen atoms in total. The van der Waals surface area contributed by atoms with E-state index in [2.05, 4.69) is 6.58 Å². The highest BCUT2D eigenvalue weighted by atomic mass is 16.3. The molecule has 0 spiro atoms. The average molecular weight is 316 g/mol. The topological polar surface area (TPSA) is 60.7 Å². The van der Waals surface area contributed by atoms with Crippen LogP contribution in [0.3, 0.4) is 0 Å². The van der Waals surface area contributed by atoms with Crippen molar-refractivity contribution in [1.82, 2.24) is 0 Å². The van der Waals surface area contributed by atoms with Crippen LogP contribution in [0.5, 0.6) is 5.75 Å². The Morgan fingerprint density at radius 1 is 1.26 bits per heavy atom. The Morgan fingerprint density at radius 3 is 2.48 bits per heavy atom. The highest BCUT2D eigenvalue weighted by Crippen LogP contribution is 2.25. The minimum Gasteiger partial charge on any atom is -0.507 e. The van der Waals surface area contributed by atoms with Gasteiger partial charge in [0.05, 0.1) is 12.7 Å². The van der Waals surface area contributed by atoms with Crippen molar-refractivity contribution in [2.45, 2.75) is 39.7 Å². The van der Waals surface area contributed by atoms with Crippen molar-refractivity contribution in [3.63, 3.8) is 0 Å². The molecule has 1 unspecified atom stereocenters. The first kappa shape index (κ1) is 19.2. The van der Waals surface area contributed by atoms with Gasteiger partial charge in [-0.1, -0.05) is 56.4 Å². The van der Waals surface area contributed by atoms with E-state index in [1.54, 1.807) is 18.2 Å². The van der Waals surface area contributed by atoms with E-state index in [0.29, 0.717) is 12.8 Å². The van der Waals surface area contributed by atoms with E-state index < -0.39 is 6.10 Å². The second kappa shape index (κ2) is 9.33. The first-order valence-electron chi connectivity index (χ1n) is 8.00. The van der Waals surface area contributed by atoms with Crippen molar-refractivity contribution >= 4 is 6.08 Å². The third-order valence-corrected chi connectivity index (χ3v) is 3.89. The Balaban J connectivity index is 2.74. The molecule has 0 aliphatic heterocycles. The summed E-state index contributed by atoms with van der Waals surface area (Å²) in [6.07, 6.45) is 4.16. The van der Waals surface area contributed by atoms with E-state index in [9.17, 15) is 10.2 Å². The molecule has 0 bridgehead atoms. The van der Waals surface area contributed by atoms with Gasteiger partial charge in [-0.15, -0.1) is 0 Å². The summed E-state index contributed by atoms with van der Waals surface area (Å²) in [5, 5.41) is 29.3. The molecule has 0 saturated carbocycles. The molecular formula is C20H28O3. The highest BCUT2D eigenvalue weighted by molar-refractivity contribution is 5.58. The maximum absolute atomic E-state index is 10.4. The van der Waals surface area contributed by atoms with E-state index >= 15 is 0 Å². The summed E-state index contributed by atoms with van der Waals surface area (Å²) < 4.78 is 0. The number of para-hydroxylation sites is 1. The second-order valence-corrected chi connectivity index (χ2v) is 6.13. The van der Waals surface area contributed by atoms with Gasteiger partial charge in [0.15, 0.2) is 0 Å². The number of phenols is 1. The van der Waals surface area contributed by atoms with Gasteiger partial charge >= 0.3 is 0 Å². The van der Waals surface area contributed by atoms with Gasteiger partial charge in [-0.25, -0.2) is 0 Å². The highest BCUT2D eigenvalue weighted by Gasteiger charge is 2.16. The van der Waals surface area contributed by atoms with Crippen LogP contribution in [-0.4, -0.2) is 28.0 Å². The van der Waals surface area contributed by atoms with Crippen molar-refractivity contribution in [3.8, 4) is 5.75 Å². The van der Waals surface area contributed by atoms with Gasteiger partial charge in [-0.05, 0) is 42.9 Å². The predicted molar refractivity (Wildman–Crippen MR) is 96.1 cm³/mol. The van der Waals surface area contributed by atoms with Crippen LogP contribution >= 0.6 is 0 Å². The van der Waals surface area contributed by atoms with Gasteiger partial charge in [0.1, 0.15) is 5.75 Å². The molecule has 0 heterocycles. The Hall–Kier alpha value is -1.84. The van der Waals surface area contributed by atoms with Crippen molar-refractivity contribution in [2.24, 2.45) is 5.92 Å². The molecule has 0 aliphatic rings. The number of benzene rings is 1. The minimum absolute atomic E-state index is 0.106. The molecule has 1 rings (SSSR count). The quantitative estimate of drug-likeness (QED) is 0.634. The number of hydrogen-bond donors (Lipinski definition) is 3. The normalized spacial score (nSPS) is 14.2. The molecule has 0 fully saturated rings. The molecule has 1 aromatic carbocycles. The van der Waals surface area contributed by atoms with Gasteiger partial charge in [-0.2, -0.15) is 0 Å². The smallest absolute Gasteiger partial charge is 0.122 e. The standard InChI is InChI=1S/C20H28O3/c1-14(2)16(4)18(11-12-21)20(23)10-9-15(3)13-17-7-5-6-8-19(17)22/h5-8,11,13-14,20-23H,4,9-10,12H2,1-3H3/b15-13+,18-11-. The van der Waals surface area contributed by atoms with Crippen molar-refractivity contribution < 1.29 is 15.3 Å². The first-order chi connectivity index (χ1) is 10.9. The zero-order valence-electron chi connectivity index (χ0n) is 14.3. The molecular weight excluding hydrogens is 288 g/mol. The van der Waals surface area contributed by atoms with Gasteiger partial charge < -0.3 is 15.3 Å². The van der Waals surface area contributed by atoms with Crippen molar-refractivity contribution in [3.05, 3.63) is 59.2 Å². The molecule has 0 aromatic heterocycles. The van der Waals surface area contributed by atoms with Crippen LogP contribution in [0.1, 0.15) is 39.2 Å². The Morgan fingerprint density at radius 2 is 1.91 bits per heavy atom. The molecule has 1 atom stereocenters. The molecule has 0 aliphatic carbocycles. The lowest BCUT2D eigenvalue weighted by Crippen LogP contribution is -2.15. The molecule has 3 heteroatoms. The summed E-state index contributed by atoms with van der Waals surface area (Å²) in [5.74, 6) is 0.474. The fourth-order valence-corrected chi connectivity index (χ4v) is 2.38. The summed E-state index contributed by atoms with van der Waals surface area (Å²) in [5.41, 5.74) is 3.42. The molecule has 0 radical (unpaired) electrons. The van der Waals surface area contributed by atoms with Crippen molar-refractivity contribution in [2.75, 3.05) is 6.61 Å². The van der Waals surface area contributed by atoms with Crippen LogP contribution < -0.4 is 0 Å². The Kier molecular flexibility index (Phi) is 7.79. The van der Waals surface area contributed by atoms with Crippen LogP contribution in [0.15, 0.2) is 53.6 Å². The van der Waals surface area contributed by atoms with Crippen LogP contribution in [0.25, 0.3) is 6.08 Å². The Labute approximate surface area is 139 Å². The maximum atomic E-state index is 10.4. The Bertz CT molecular complexity index is 582. The third-order valence-electron chi connectivity index (χ3n) is 3.89. The predicted octanol–water partition coefficient (Wildman–Crippen LogP) is 4.07. The fourth-order valence-electron chi connectivity index (χ4n) is 2.38. The van der Waals surface area contributed by atoms with E-state index in [4.69, 9.17) is 5.11 Å². The molecule has 23 heavy (non-hydrogen) atoms. The van der Waals surface area contributed by atoms with Crippen LogP contribution in [0, 0.1) is 5.92 Å². The largest absolute Gasteiger partial charge is 0.507 e. The lowest BCUT2D eigenvalue weighted by atomic mass is 9.90.